The summed E-state index contributed by atoms with van der Waals surface area (Å²) in [5.74, 6) is -2.43. The van der Waals surface area contributed by atoms with Crippen molar-refractivity contribution in [3.05, 3.63) is 94.3 Å². The van der Waals surface area contributed by atoms with E-state index in [0.717, 1.165) is 42.7 Å². The zero-order valence-corrected chi connectivity index (χ0v) is 22.3. The molecule has 0 aliphatic rings. The topological polar surface area (TPSA) is 152 Å². The molecule has 1 amide bonds. The predicted molar refractivity (Wildman–Crippen MR) is 143 cm³/mol. The van der Waals surface area contributed by atoms with Crippen LogP contribution in [-0.2, 0) is 26.7 Å². The molecular weight excluding hydrogens is 567 g/mol. The van der Waals surface area contributed by atoms with E-state index in [0.29, 0.717) is 8.99 Å². The minimum Gasteiger partial charge on any atom is -0.478 e. The number of carboxylic acid groups (broad SMARTS) is 1. The molecule has 1 unspecified atom stereocenters. The minimum absolute atomic E-state index is 0.0119. The molecular formula is C26H22F3N5O6S. The van der Waals surface area contributed by atoms with Crippen molar-refractivity contribution < 1.29 is 36.3 Å². The van der Waals surface area contributed by atoms with Gasteiger partial charge >= 0.3 is 12.1 Å². The van der Waals surface area contributed by atoms with E-state index >= 15 is 0 Å². The van der Waals surface area contributed by atoms with Crippen LogP contribution in [0.3, 0.4) is 0 Å². The van der Waals surface area contributed by atoms with Crippen LogP contribution in [-0.4, -0.2) is 46.7 Å². The number of rotatable bonds is 8. The summed E-state index contributed by atoms with van der Waals surface area (Å²) in [6.07, 6.45) is -4.24. The Kier molecular flexibility index (Phi) is 7.58. The second kappa shape index (κ2) is 10.6. The first-order chi connectivity index (χ1) is 19.2. The van der Waals surface area contributed by atoms with Gasteiger partial charge in [0.05, 0.1) is 22.9 Å². The molecule has 0 saturated heterocycles. The molecule has 1 atom stereocenters. The summed E-state index contributed by atoms with van der Waals surface area (Å²) in [5.41, 5.74) is -4.32. The lowest BCUT2D eigenvalue weighted by molar-refractivity contribution is -0.148. The lowest BCUT2D eigenvalue weighted by Gasteiger charge is -2.39. The molecule has 3 aromatic carbocycles. The maximum Gasteiger partial charge on any atom is 0.416 e. The summed E-state index contributed by atoms with van der Waals surface area (Å²) in [7, 11) is -4.42. The molecule has 1 aromatic heterocycles. The van der Waals surface area contributed by atoms with Crippen LogP contribution in [0.4, 0.5) is 24.5 Å². The van der Waals surface area contributed by atoms with Crippen LogP contribution in [0.5, 0.6) is 0 Å². The monoisotopic (exact) mass is 589 g/mol. The van der Waals surface area contributed by atoms with Gasteiger partial charge in [-0.25, -0.2) is 17.5 Å². The van der Waals surface area contributed by atoms with E-state index < -0.39 is 51.3 Å². The number of anilines is 2. The van der Waals surface area contributed by atoms with E-state index in [1.807, 2.05) is 0 Å². The van der Waals surface area contributed by atoms with Gasteiger partial charge in [0, 0.05) is 17.7 Å². The van der Waals surface area contributed by atoms with Crippen LogP contribution < -0.4 is 15.2 Å². The Morgan fingerprint density at radius 3 is 2.15 bits per heavy atom. The Hall–Kier alpha value is -4.79. The molecule has 4 aromatic rings. The smallest absolute Gasteiger partial charge is 0.416 e. The molecule has 15 heteroatoms. The second-order valence-corrected chi connectivity index (χ2v) is 10.7. The Morgan fingerprint density at radius 1 is 1.00 bits per heavy atom. The maximum atomic E-state index is 13.4. The standard InChI is InChI=1S/C26H22F3N5O6S/c1-3-25(24(37)38,33-23(36)20-6-4-5-7-21(20)31-32-33)34(41(2,39)40)19-14-8-16(9-15-19)22(35)30-18-12-10-17(11-13-18)26(27,28)29/h4-15H,3H2,1-2H3,(H,30,35)(H,37,38). The number of carbonyl (C=O) groups is 2. The number of sulfonamides is 1. The Bertz CT molecular complexity index is 1790. The van der Waals surface area contributed by atoms with Crippen LogP contribution >= 0.6 is 0 Å². The summed E-state index contributed by atoms with van der Waals surface area (Å²) >= 11 is 0. The molecule has 0 saturated carbocycles. The van der Waals surface area contributed by atoms with E-state index in [-0.39, 0.29) is 27.8 Å². The largest absolute Gasteiger partial charge is 0.478 e. The third kappa shape index (κ3) is 5.48. The SMILES string of the molecule is CCC(C(=O)O)(N(c1ccc(C(=O)Nc2ccc(C(F)(F)F)cc2)cc1)S(C)(=O)=O)n1nnc2ccccc2c1=O. The third-order valence-electron chi connectivity index (χ3n) is 6.26. The molecule has 1 heterocycles. The number of hydrogen-bond acceptors (Lipinski definition) is 7. The summed E-state index contributed by atoms with van der Waals surface area (Å²) in [6, 6.07) is 14.5. The van der Waals surface area contributed by atoms with Crippen LogP contribution in [0.25, 0.3) is 10.9 Å². The number of carbonyl (C=O) groups excluding carboxylic acids is 1. The number of nitrogens with zero attached hydrogens (tertiary/aromatic N) is 4. The number of benzene rings is 3. The number of alkyl halides is 3. The highest BCUT2D eigenvalue weighted by Crippen LogP contribution is 2.34. The maximum absolute atomic E-state index is 13.4. The fraction of sp³-hybridized carbons (Fsp3) is 0.192. The summed E-state index contributed by atoms with van der Waals surface area (Å²) in [5, 5.41) is 20.5. The van der Waals surface area contributed by atoms with Gasteiger partial charge in [-0.15, -0.1) is 5.10 Å². The number of aromatic nitrogens is 3. The van der Waals surface area contributed by atoms with Gasteiger partial charge in [0.25, 0.3) is 11.5 Å². The van der Waals surface area contributed by atoms with Gasteiger partial charge in [-0.1, -0.05) is 24.3 Å². The number of aliphatic carboxylic acids is 1. The normalized spacial score (nSPS) is 13.4. The molecule has 2 N–H and O–H groups in total. The molecule has 11 nitrogen and oxygen atoms in total. The average Bonchev–Trinajstić information content (AvgIpc) is 2.91. The van der Waals surface area contributed by atoms with E-state index in [2.05, 4.69) is 15.6 Å². The molecule has 41 heavy (non-hydrogen) atoms. The van der Waals surface area contributed by atoms with Gasteiger partial charge in [-0.2, -0.15) is 17.9 Å². The van der Waals surface area contributed by atoms with E-state index in [4.69, 9.17) is 0 Å². The fourth-order valence-corrected chi connectivity index (χ4v) is 5.65. The van der Waals surface area contributed by atoms with Gasteiger partial charge in [0.2, 0.25) is 15.7 Å². The number of nitrogens with one attached hydrogen (secondary N) is 1. The highest BCUT2D eigenvalue weighted by atomic mass is 32.2. The van der Waals surface area contributed by atoms with E-state index in [1.165, 1.54) is 37.3 Å². The molecule has 0 spiro atoms. The zero-order chi connectivity index (χ0) is 30.2. The van der Waals surface area contributed by atoms with Crippen molar-refractivity contribution in [2.75, 3.05) is 15.9 Å². The van der Waals surface area contributed by atoms with Crippen LogP contribution in [0, 0.1) is 0 Å². The average molecular weight is 590 g/mol. The Morgan fingerprint density at radius 2 is 1.61 bits per heavy atom. The Balaban J connectivity index is 1.75. The van der Waals surface area contributed by atoms with Crippen molar-refractivity contribution in [1.82, 2.24) is 15.0 Å². The number of carboxylic acids is 1. The number of fused-ring (bicyclic) bond motifs is 1. The quantitative estimate of drug-likeness (QED) is 0.316. The molecule has 0 aliphatic carbocycles. The zero-order valence-electron chi connectivity index (χ0n) is 21.5. The molecule has 0 aliphatic heterocycles. The molecule has 0 radical (unpaired) electrons. The van der Waals surface area contributed by atoms with Crippen molar-refractivity contribution in [2.24, 2.45) is 0 Å². The van der Waals surface area contributed by atoms with Gasteiger partial charge < -0.3 is 10.4 Å². The van der Waals surface area contributed by atoms with Crippen molar-refractivity contribution in [2.45, 2.75) is 25.2 Å². The number of halogens is 3. The first-order valence-corrected chi connectivity index (χ1v) is 13.7. The van der Waals surface area contributed by atoms with Crippen molar-refractivity contribution in [3.63, 3.8) is 0 Å². The molecule has 0 bridgehead atoms. The van der Waals surface area contributed by atoms with Gasteiger partial charge in [0.15, 0.2) is 0 Å². The lowest BCUT2D eigenvalue weighted by atomic mass is 10.1. The first kappa shape index (κ1) is 29.2. The predicted octanol–water partition coefficient (Wildman–Crippen LogP) is 3.68. The molecule has 0 fully saturated rings. The second-order valence-electron chi connectivity index (χ2n) is 8.90. The van der Waals surface area contributed by atoms with E-state index in [1.54, 1.807) is 6.07 Å². The van der Waals surface area contributed by atoms with Gasteiger partial charge in [0.1, 0.15) is 5.52 Å². The lowest BCUT2D eigenvalue weighted by Crippen LogP contribution is -2.62. The molecule has 4 rings (SSSR count). The van der Waals surface area contributed by atoms with Crippen LogP contribution in [0.15, 0.2) is 77.6 Å². The summed E-state index contributed by atoms with van der Waals surface area (Å²) < 4.78 is 65.6. The summed E-state index contributed by atoms with van der Waals surface area (Å²) in [6.45, 7) is 1.36. The first-order valence-electron chi connectivity index (χ1n) is 11.9. The number of amides is 1. The summed E-state index contributed by atoms with van der Waals surface area (Å²) in [4.78, 5) is 38.9. The van der Waals surface area contributed by atoms with Gasteiger partial charge in [-0.05, 0) is 60.7 Å². The van der Waals surface area contributed by atoms with Crippen LogP contribution in [0.2, 0.25) is 0 Å². The minimum atomic E-state index is -4.54. The number of hydrogen-bond donors (Lipinski definition) is 2. The van der Waals surface area contributed by atoms with Crippen LogP contribution in [0.1, 0.15) is 29.3 Å². The van der Waals surface area contributed by atoms with Gasteiger partial charge in [-0.3, -0.25) is 9.59 Å². The van der Waals surface area contributed by atoms with E-state index in [9.17, 15) is 41.1 Å². The van der Waals surface area contributed by atoms with Crippen molar-refractivity contribution >= 4 is 44.2 Å². The third-order valence-corrected chi connectivity index (χ3v) is 7.43. The fourth-order valence-electron chi connectivity index (χ4n) is 4.31. The molecule has 214 valence electrons. The highest BCUT2D eigenvalue weighted by Gasteiger charge is 2.51. The Labute approximate surface area is 230 Å². The van der Waals surface area contributed by atoms with Crippen molar-refractivity contribution in [1.29, 1.82) is 0 Å². The van der Waals surface area contributed by atoms with Crippen molar-refractivity contribution in [3.8, 4) is 0 Å². The highest BCUT2D eigenvalue weighted by molar-refractivity contribution is 7.92.